The second-order valence-electron chi connectivity index (χ2n) is 5.31. The predicted molar refractivity (Wildman–Crippen MR) is 92.0 cm³/mol. The summed E-state index contributed by atoms with van der Waals surface area (Å²) in [6, 6.07) is 8.81. The first-order valence-electron chi connectivity index (χ1n) is 7.25. The van der Waals surface area contributed by atoms with E-state index in [0.717, 1.165) is 16.0 Å². The molecule has 0 fully saturated rings. The van der Waals surface area contributed by atoms with Crippen molar-refractivity contribution in [2.45, 2.75) is 32.2 Å². The highest BCUT2D eigenvalue weighted by atomic mass is 35.5. The van der Waals surface area contributed by atoms with Crippen LogP contribution in [0.3, 0.4) is 0 Å². The van der Waals surface area contributed by atoms with Crippen molar-refractivity contribution in [1.82, 2.24) is 5.32 Å². The molecule has 1 unspecified atom stereocenters. The monoisotopic (exact) mass is 351 g/mol. The van der Waals surface area contributed by atoms with Crippen molar-refractivity contribution in [2.24, 2.45) is 0 Å². The number of carbonyl (C=O) groups is 2. The number of hydrogen-bond donors (Lipinski definition) is 2. The number of thiophene rings is 1. The molecule has 0 spiro atoms. The van der Waals surface area contributed by atoms with E-state index < -0.39 is 12.0 Å². The zero-order valence-electron chi connectivity index (χ0n) is 12.7. The zero-order chi connectivity index (χ0) is 16.8. The van der Waals surface area contributed by atoms with E-state index in [-0.39, 0.29) is 12.3 Å². The Hall–Kier alpha value is -1.85. The highest BCUT2D eigenvalue weighted by Crippen LogP contribution is 2.22. The van der Waals surface area contributed by atoms with Crippen LogP contribution in [0.25, 0.3) is 0 Å². The summed E-state index contributed by atoms with van der Waals surface area (Å²) in [6.07, 6.45) is 0.761. The van der Waals surface area contributed by atoms with Gasteiger partial charge in [-0.15, -0.1) is 11.3 Å². The van der Waals surface area contributed by atoms with Crippen molar-refractivity contribution in [2.75, 3.05) is 0 Å². The van der Waals surface area contributed by atoms with Crippen LogP contribution in [-0.2, 0) is 16.0 Å². The van der Waals surface area contributed by atoms with Crippen molar-refractivity contribution in [3.8, 4) is 0 Å². The summed E-state index contributed by atoms with van der Waals surface area (Å²) in [6.45, 7) is 1.91. The number of nitrogens with one attached hydrogen (secondary N) is 1. The van der Waals surface area contributed by atoms with Crippen LogP contribution < -0.4 is 5.32 Å². The summed E-state index contributed by atoms with van der Waals surface area (Å²) in [7, 11) is 0. The molecule has 0 saturated carbocycles. The maximum absolute atomic E-state index is 12.2. The van der Waals surface area contributed by atoms with Crippen molar-refractivity contribution >= 4 is 34.8 Å². The zero-order valence-corrected chi connectivity index (χ0v) is 14.3. The molecule has 1 aromatic carbocycles. The molecule has 1 amide bonds. The molecule has 1 aromatic heterocycles. The third-order valence-corrected chi connectivity index (χ3v) is 4.84. The number of carboxylic acids is 1. The summed E-state index contributed by atoms with van der Waals surface area (Å²) >= 11 is 7.37. The number of carboxylic acid groups (broad SMARTS) is 1. The lowest BCUT2D eigenvalue weighted by atomic mass is 9.98. The van der Waals surface area contributed by atoms with E-state index in [4.69, 9.17) is 16.7 Å². The van der Waals surface area contributed by atoms with E-state index in [0.29, 0.717) is 17.9 Å². The van der Waals surface area contributed by atoms with Crippen LogP contribution in [0, 0.1) is 6.92 Å². The van der Waals surface area contributed by atoms with Crippen LogP contribution in [0.1, 0.15) is 34.9 Å². The van der Waals surface area contributed by atoms with Gasteiger partial charge in [-0.25, -0.2) is 0 Å². The van der Waals surface area contributed by atoms with Gasteiger partial charge in [-0.05, 0) is 30.5 Å². The van der Waals surface area contributed by atoms with Crippen LogP contribution in [0.2, 0.25) is 5.02 Å². The number of carbonyl (C=O) groups excluding carboxylic acids is 1. The minimum atomic E-state index is -0.941. The van der Waals surface area contributed by atoms with Gasteiger partial charge >= 0.3 is 5.97 Å². The van der Waals surface area contributed by atoms with Gasteiger partial charge in [-0.1, -0.05) is 35.9 Å². The van der Waals surface area contributed by atoms with Crippen LogP contribution >= 0.6 is 22.9 Å². The van der Waals surface area contributed by atoms with Gasteiger partial charge < -0.3 is 10.4 Å². The van der Waals surface area contributed by atoms with Crippen LogP contribution in [0.15, 0.2) is 35.7 Å². The molecule has 6 heteroatoms. The average molecular weight is 352 g/mol. The minimum Gasteiger partial charge on any atom is -0.481 e. The summed E-state index contributed by atoms with van der Waals surface area (Å²) in [5, 5.41) is 14.4. The largest absolute Gasteiger partial charge is 0.481 e. The van der Waals surface area contributed by atoms with Gasteiger partial charge in [-0.2, -0.15) is 0 Å². The Bertz CT molecular complexity index is 699. The summed E-state index contributed by atoms with van der Waals surface area (Å²) < 4.78 is 0. The second kappa shape index (κ2) is 8.13. The molecule has 0 aliphatic rings. The number of aliphatic carboxylic acids is 1. The third-order valence-electron chi connectivity index (χ3n) is 3.50. The van der Waals surface area contributed by atoms with Gasteiger partial charge in [0.05, 0.1) is 17.5 Å². The highest BCUT2D eigenvalue weighted by molar-refractivity contribution is 7.10. The maximum Gasteiger partial charge on any atom is 0.305 e. The van der Waals surface area contributed by atoms with E-state index in [2.05, 4.69) is 5.32 Å². The Morgan fingerprint density at radius 2 is 2.09 bits per heavy atom. The van der Waals surface area contributed by atoms with E-state index in [1.54, 1.807) is 0 Å². The lowest BCUT2D eigenvalue weighted by Crippen LogP contribution is -2.30. The third kappa shape index (κ3) is 5.37. The first kappa shape index (κ1) is 17.5. The SMILES string of the molecule is Cc1ccccc1C(CC(=O)O)NC(=O)CCc1cc(Cl)cs1. The molecule has 2 aromatic rings. The molecule has 2 N–H and O–H groups in total. The van der Waals surface area contributed by atoms with Crippen molar-refractivity contribution < 1.29 is 14.7 Å². The summed E-state index contributed by atoms with van der Waals surface area (Å²) in [5.41, 5.74) is 1.80. The van der Waals surface area contributed by atoms with E-state index in [1.807, 2.05) is 42.6 Å². The van der Waals surface area contributed by atoms with Gasteiger partial charge in [-0.3, -0.25) is 9.59 Å². The fraction of sp³-hybridized carbons (Fsp3) is 0.294. The fourth-order valence-electron chi connectivity index (χ4n) is 2.38. The average Bonchev–Trinajstić information content (AvgIpc) is 2.90. The van der Waals surface area contributed by atoms with E-state index >= 15 is 0 Å². The molecule has 1 heterocycles. The maximum atomic E-state index is 12.2. The predicted octanol–water partition coefficient (Wildman–Crippen LogP) is 3.97. The number of benzene rings is 1. The molecular weight excluding hydrogens is 334 g/mol. The topological polar surface area (TPSA) is 66.4 Å². The first-order chi connectivity index (χ1) is 11.0. The number of halogens is 1. The van der Waals surface area contributed by atoms with Gasteiger partial charge in [0.2, 0.25) is 5.91 Å². The van der Waals surface area contributed by atoms with Gasteiger partial charge in [0.15, 0.2) is 0 Å². The Morgan fingerprint density at radius 1 is 1.35 bits per heavy atom. The van der Waals surface area contributed by atoms with Crippen molar-refractivity contribution in [1.29, 1.82) is 0 Å². The molecule has 0 radical (unpaired) electrons. The molecule has 0 bridgehead atoms. The lowest BCUT2D eigenvalue weighted by Gasteiger charge is -2.19. The Morgan fingerprint density at radius 3 is 2.70 bits per heavy atom. The molecule has 4 nitrogen and oxygen atoms in total. The van der Waals surface area contributed by atoms with Crippen LogP contribution in [-0.4, -0.2) is 17.0 Å². The Balaban J connectivity index is 2.01. The second-order valence-corrected chi connectivity index (χ2v) is 6.74. The van der Waals surface area contributed by atoms with Crippen molar-refractivity contribution in [3.05, 3.63) is 56.7 Å². The normalized spacial score (nSPS) is 11.9. The fourth-order valence-corrected chi connectivity index (χ4v) is 3.46. The molecular formula is C17H18ClNO3S. The summed E-state index contributed by atoms with van der Waals surface area (Å²) in [5.74, 6) is -1.10. The molecule has 23 heavy (non-hydrogen) atoms. The Labute approximate surface area is 144 Å². The van der Waals surface area contributed by atoms with Crippen LogP contribution in [0.5, 0.6) is 0 Å². The molecule has 0 aliphatic heterocycles. The molecule has 1 atom stereocenters. The molecule has 122 valence electrons. The van der Waals surface area contributed by atoms with E-state index in [9.17, 15) is 9.59 Å². The van der Waals surface area contributed by atoms with Crippen molar-refractivity contribution in [3.63, 3.8) is 0 Å². The molecule has 0 saturated heterocycles. The number of hydrogen-bond acceptors (Lipinski definition) is 3. The van der Waals surface area contributed by atoms with Gasteiger partial charge in [0.25, 0.3) is 0 Å². The smallest absolute Gasteiger partial charge is 0.305 e. The molecule has 0 aliphatic carbocycles. The number of rotatable bonds is 7. The number of aryl methyl sites for hydroxylation is 2. The Kier molecular flexibility index (Phi) is 6.19. The van der Waals surface area contributed by atoms with E-state index in [1.165, 1.54) is 11.3 Å². The molecule has 2 rings (SSSR count). The summed E-state index contributed by atoms with van der Waals surface area (Å²) in [4.78, 5) is 24.3. The minimum absolute atomic E-state index is 0.137. The quantitative estimate of drug-likeness (QED) is 0.793. The lowest BCUT2D eigenvalue weighted by molar-refractivity contribution is -0.137. The van der Waals surface area contributed by atoms with Gasteiger partial charge in [0, 0.05) is 16.7 Å². The standard InChI is InChI=1S/C17H18ClNO3S/c1-11-4-2-3-5-14(11)15(9-17(21)22)19-16(20)7-6-13-8-12(18)10-23-13/h2-5,8,10,15H,6-7,9H2,1H3,(H,19,20)(H,21,22). The first-order valence-corrected chi connectivity index (χ1v) is 8.51. The highest BCUT2D eigenvalue weighted by Gasteiger charge is 2.19. The number of amides is 1. The van der Waals surface area contributed by atoms with Gasteiger partial charge in [0.1, 0.15) is 0 Å². The van der Waals surface area contributed by atoms with Crippen LogP contribution in [0.4, 0.5) is 0 Å².